The van der Waals surface area contributed by atoms with Crippen LogP contribution in [-0.2, 0) is 0 Å². The fourth-order valence-electron chi connectivity index (χ4n) is 2.09. The summed E-state index contributed by atoms with van der Waals surface area (Å²) in [6, 6.07) is 2.08. The number of thioether (sulfide) groups is 1. The van der Waals surface area contributed by atoms with Gasteiger partial charge in [0.1, 0.15) is 11.7 Å². The Kier molecular flexibility index (Phi) is 4.60. The van der Waals surface area contributed by atoms with Gasteiger partial charge in [-0.15, -0.1) is 0 Å². The van der Waals surface area contributed by atoms with E-state index in [1.165, 1.54) is 6.07 Å². The Morgan fingerprint density at radius 3 is 2.67 bits per heavy atom. The molecule has 9 heteroatoms. The number of amides is 1. The number of rotatable bonds is 5. The highest BCUT2D eigenvalue weighted by atomic mass is 35.5. The van der Waals surface area contributed by atoms with Gasteiger partial charge in [-0.3, -0.25) is 4.79 Å². The van der Waals surface area contributed by atoms with Crippen molar-refractivity contribution in [2.75, 3.05) is 6.26 Å². The van der Waals surface area contributed by atoms with Crippen LogP contribution in [0.3, 0.4) is 0 Å². The summed E-state index contributed by atoms with van der Waals surface area (Å²) in [6.07, 6.45) is 3.27. The van der Waals surface area contributed by atoms with Gasteiger partial charge in [-0.25, -0.2) is 13.8 Å². The highest BCUT2D eigenvalue weighted by Gasteiger charge is 2.31. The van der Waals surface area contributed by atoms with Crippen LogP contribution in [0.25, 0.3) is 11.3 Å². The molecule has 2 N–H and O–H groups in total. The second-order valence-corrected chi connectivity index (χ2v) is 6.32. The fraction of sp³-hybridized carbons (Fsp3) is 0.267. The van der Waals surface area contributed by atoms with Crippen molar-refractivity contribution in [2.24, 2.45) is 5.73 Å². The smallest absolute Gasteiger partial charge is 0.256 e. The molecule has 0 unspecified atom stereocenters. The standard InChI is InChI=1S/C15H12ClF2N3O2S/c1-24-15-20-12(9-7(16)4-5-8(17)11(9)18)10(13(19)22)14(21-15)23-6-2-3-6/h4-6H,2-3H2,1H3,(H2,19,22). The minimum absolute atomic E-state index is 0.0425. The zero-order valence-corrected chi connectivity index (χ0v) is 14.0. The first-order chi connectivity index (χ1) is 11.4. The number of carbonyl (C=O) groups excluding carboxylic acids is 1. The maximum absolute atomic E-state index is 14.3. The van der Waals surface area contributed by atoms with E-state index in [1.54, 1.807) is 6.26 Å². The maximum atomic E-state index is 14.3. The molecule has 1 saturated carbocycles. The molecule has 0 spiro atoms. The molecule has 1 amide bonds. The van der Waals surface area contributed by atoms with Crippen molar-refractivity contribution in [1.29, 1.82) is 0 Å². The van der Waals surface area contributed by atoms with Crippen molar-refractivity contribution >= 4 is 29.3 Å². The van der Waals surface area contributed by atoms with E-state index in [2.05, 4.69) is 9.97 Å². The Bertz CT molecular complexity index is 831. The van der Waals surface area contributed by atoms with E-state index in [9.17, 15) is 13.6 Å². The van der Waals surface area contributed by atoms with E-state index >= 15 is 0 Å². The molecule has 0 atom stereocenters. The number of hydrogen-bond donors (Lipinski definition) is 1. The van der Waals surface area contributed by atoms with Gasteiger partial charge in [-0.05, 0) is 31.2 Å². The fourth-order valence-corrected chi connectivity index (χ4v) is 2.68. The van der Waals surface area contributed by atoms with Crippen molar-refractivity contribution in [2.45, 2.75) is 24.1 Å². The number of ether oxygens (including phenoxy) is 1. The number of aromatic nitrogens is 2. The maximum Gasteiger partial charge on any atom is 0.256 e. The number of primary amides is 1. The first kappa shape index (κ1) is 16.9. The number of halogens is 3. The minimum atomic E-state index is -1.21. The predicted molar refractivity (Wildman–Crippen MR) is 86.3 cm³/mol. The largest absolute Gasteiger partial charge is 0.474 e. The van der Waals surface area contributed by atoms with E-state index in [1.807, 2.05) is 0 Å². The first-order valence-electron chi connectivity index (χ1n) is 6.98. The number of benzene rings is 1. The molecule has 1 aliphatic carbocycles. The summed E-state index contributed by atoms with van der Waals surface area (Å²) < 4.78 is 33.6. The molecule has 0 radical (unpaired) electrons. The van der Waals surface area contributed by atoms with Gasteiger partial charge < -0.3 is 10.5 Å². The van der Waals surface area contributed by atoms with Gasteiger partial charge in [0, 0.05) is 0 Å². The average molecular weight is 372 g/mol. The highest BCUT2D eigenvalue weighted by molar-refractivity contribution is 7.98. The molecule has 5 nitrogen and oxygen atoms in total. The van der Waals surface area contributed by atoms with E-state index in [4.69, 9.17) is 22.1 Å². The third-order valence-electron chi connectivity index (χ3n) is 3.37. The van der Waals surface area contributed by atoms with Crippen LogP contribution in [0, 0.1) is 11.6 Å². The zero-order chi connectivity index (χ0) is 17.4. The van der Waals surface area contributed by atoms with Crippen LogP contribution < -0.4 is 10.5 Å². The Labute approximate surface area is 145 Å². The van der Waals surface area contributed by atoms with Crippen molar-refractivity contribution < 1.29 is 18.3 Å². The van der Waals surface area contributed by atoms with Gasteiger partial charge in [0.25, 0.3) is 5.91 Å². The Balaban J connectivity index is 2.29. The quantitative estimate of drug-likeness (QED) is 0.495. The number of hydrogen-bond acceptors (Lipinski definition) is 5. The first-order valence-corrected chi connectivity index (χ1v) is 8.59. The molecule has 1 heterocycles. The lowest BCUT2D eigenvalue weighted by Gasteiger charge is -2.14. The Morgan fingerprint density at radius 2 is 2.08 bits per heavy atom. The van der Waals surface area contributed by atoms with Gasteiger partial charge in [-0.1, -0.05) is 23.4 Å². The summed E-state index contributed by atoms with van der Waals surface area (Å²) in [6.45, 7) is 0. The van der Waals surface area contributed by atoms with Crippen molar-refractivity contribution in [3.8, 4) is 17.1 Å². The van der Waals surface area contributed by atoms with E-state index in [-0.39, 0.29) is 39.0 Å². The highest BCUT2D eigenvalue weighted by Crippen LogP contribution is 2.38. The van der Waals surface area contributed by atoms with Crippen molar-refractivity contribution in [3.63, 3.8) is 0 Å². The summed E-state index contributed by atoms with van der Waals surface area (Å²) >= 11 is 7.17. The SMILES string of the molecule is CSc1nc(OC2CC2)c(C(N)=O)c(-c2c(Cl)ccc(F)c2F)n1. The number of carbonyl (C=O) groups is 1. The molecule has 1 aliphatic rings. The monoisotopic (exact) mass is 371 g/mol. The lowest BCUT2D eigenvalue weighted by Crippen LogP contribution is -2.18. The van der Waals surface area contributed by atoms with E-state index < -0.39 is 17.5 Å². The van der Waals surface area contributed by atoms with Crippen LogP contribution in [0.5, 0.6) is 5.88 Å². The van der Waals surface area contributed by atoms with E-state index in [0.717, 1.165) is 30.7 Å². The van der Waals surface area contributed by atoms with Crippen LogP contribution in [-0.4, -0.2) is 28.2 Å². The topological polar surface area (TPSA) is 78.1 Å². The molecule has 0 saturated heterocycles. The van der Waals surface area contributed by atoms with Crippen molar-refractivity contribution in [3.05, 3.63) is 34.4 Å². The molecular formula is C15H12ClF2N3O2S. The van der Waals surface area contributed by atoms with Crippen LogP contribution >= 0.6 is 23.4 Å². The number of nitrogens with two attached hydrogens (primary N) is 1. The predicted octanol–water partition coefficient (Wildman–Crippen LogP) is 3.44. The van der Waals surface area contributed by atoms with Gasteiger partial charge >= 0.3 is 0 Å². The molecule has 126 valence electrons. The summed E-state index contributed by atoms with van der Waals surface area (Å²) in [5.74, 6) is -3.28. The molecule has 1 aromatic heterocycles. The molecule has 2 aromatic rings. The Hall–Kier alpha value is -1.93. The molecular weight excluding hydrogens is 360 g/mol. The van der Waals surface area contributed by atoms with Gasteiger partial charge in [-0.2, -0.15) is 4.98 Å². The van der Waals surface area contributed by atoms with Gasteiger partial charge in [0.05, 0.1) is 16.3 Å². The number of nitrogens with zero attached hydrogens (tertiary/aromatic N) is 2. The molecule has 3 rings (SSSR count). The third kappa shape index (κ3) is 3.16. The lowest BCUT2D eigenvalue weighted by molar-refractivity contribution is 0.0995. The van der Waals surface area contributed by atoms with Gasteiger partial charge in [0.15, 0.2) is 16.8 Å². The molecule has 0 bridgehead atoms. The van der Waals surface area contributed by atoms with Crippen LogP contribution in [0.2, 0.25) is 5.02 Å². The average Bonchev–Trinajstić information content (AvgIpc) is 3.34. The summed E-state index contributed by atoms with van der Waals surface area (Å²) in [4.78, 5) is 20.2. The second-order valence-electron chi connectivity index (χ2n) is 5.14. The van der Waals surface area contributed by atoms with Crippen LogP contribution in [0.15, 0.2) is 17.3 Å². The summed E-state index contributed by atoms with van der Waals surface area (Å²) in [5.41, 5.74) is 4.67. The minimum Gasteiger partial charge on any atom is -0.474 e. The third-order valence-corrected chi connectivity index (χ3v) is 4.23. The Morgan fingerprint density at radius 1 is 1.38 bits per heavy atom. The van der Waals surface area contributed by atoms with E-state index in [0.29, 0.717) is 0 Å². The normalized spacial score (nSPS) is 13.8. The molecule has 24 heavy (non-hydrogen) atoms. The lowest BCUT2D eigenvalue weighted by atomic mass is 10.1. The van der Waals surface area contributed by atoms with Crippen molar-refractivity contribution in [1.82, 2.24) is 9.97 Å². The summed E-state index contributed by atoms with van der Waals surface area (Å²) in [7, 11) is 0. The van der Waals surface area contributed by atoms with Crippen LogP contribution in [0.4, 0.5) is 8.78 Å². The van der Waals surface area contributed by atoms with Crippen LogP contribution in [0.1, 0.15) is 23.2 Å². The molecule has 1 aromatic carbocycles. The molecule has 0 aliphatic heterocycles. The molecule has 1 fully saturated rings. The van der Waals surface area contributed by atoms with Gasteiger partial charge in [0.2, 0.25) is 5.88 Å². The zero-order valence-electron chi connectivity index (χ0n) is 12.5. The second kappa shape index (κ2) is 6.52. The summed E-state index contributed by atoms with van der Waals surface area (Å²) in [5, 5.41) is 0.130.